The predicted octanol–water partition coefficient (Wildman–Crippen LogP) is 1.46. The van der Waals surface area contributed by atoms with Gasteiger partial charge in [0, 0.05) is 38.2 Å². The summed E-state index contributed by atoms with van der Waals surface area (Å²) in [5, 5.41) is 8.95. The van der Waals surface area contributed by atoms with Crippen LogP contribution in [0, 0.1) is 0 Å². The van der Waals surface area contributed by atoms with Crippen LogP contribution in [0.5, 0.6) is 0 Å². The minimum atomic E-state index is -0.575. The summed E-state index contributed by atoms with van der Waals surface area (Å²) in [7, 11) is 1.94. The van der Waals surface area contributed by atoms with Crippen molar-refractivity contribution >= 4 is 17.7 Å². The molecular weight excluding hydrogens is 380 g/mol. The Labute approximate surface area is 175 Å². The van der Waals surface area contributed by atoms with Crippen LogP contribution in [-0.2, 0) is 35.8 Å². The molecule has 0 aliphatic carbocycles. The molecule has 0 saturated carbocycles. The molecule has 2 aromatic rings. The van der Waals surface area contributed by atoms with Gasteiger partial charge in [-0.05, 0) is 41.8 Å². The lowest BCUT2D eigenvalue weighted by Crippen LogP contribution is -2.52. The van der Waals surface area contributed by atoms with Gasteiger partial charge < -0.3 is 15.5 Å². The summed E-state index contributed by atoms with van der Waals surface area (Å²) in [4.78, 5) is 37.9. The number of amides is 3. The number of hydrogen-bond acceptors (Lipinski definition) is 5. The Morgan fingerprint density at radius 1 is 1.00 bits per heavy atom. The Kier molecular flexibility index (Phi) is 5.92. The van der Waals surface area contributed by atoms with E-state index in [1.165, 1.54) is 11.1 Å². The van der Waals surface area contributed by atoms with Gasteiger partial charge in [-0.2, -0.15) is 0 Å². The first-order chi connectivity index (χ1) is 14.5. The number of imide groups is 1. The third kappa shape index (κ3) is 4.27. The van der Waals surface area contributed by atoms with E-state index in [9.17, 15) is 14.4 Å². The van der Waals surface area contributed by atoms with Gasteiger partial charge in [0.2, 0.25) is 11.8 Å². The summed E-state index contributed by atoms with van der Waals surface area (Å²) >= 11 is 0. The van der Waals surface area contributed by atoms with E-state index in [0.717, 1.165) is 24.2 Å². The second-order valence-electron chi connectivity index (χ2n) is 7.85. The molecule has 2 aliphatic rings. The van der Waals surface area contributed by atoms with Gasteiger partial charge in [0.15, 0.2) is 0 Å². The minimum absolute atomic E-state index is 0.139. The molecule has 2 aliphatic heterocycles. The zero-order valence-electron chi connectivity index (χ0n) is 17.0. The van der Waals surface area contributed by atoms with Gasteiger partial charge in [0.1, 0.15) is 6.04 Å². The smallest absolute Gasteiger partial charge is 0.255 e. The fourth-order valence-electron chi connectivity index (χ4n) is 4.14. The van der Waals surface area contributed by atoms with Crippen molar-refractivity contribution in [1.29, 1.82) is 0 Å². The molecule has 1 unspecified atom stereocenters. The van der Waals surface area contributed by atoms with Crippen LogP contribution in [0.15, 0.2) is 42.5 Å². The van der Waals surface area contributed by atoms with Gasteiger partial charge in [0.25, 0.3) is 5.91 Å². The number of benzene rings is 2. The fraction of sp³-hybridized carbons (Fsp3) is 0.348. The lowest BCUT2D eigenvalue weighted by molar-refractivity contribution is -0.136. The average Bonchev–Trinajstić information content (AvgIpc) is 3.04. The molecule has 0 spiro atoms. The SMILES string of the molecule is CNCc1cccc(CNCc2ccc3c(c2)CN(C2CCC(=O)NC2=O)C3=O)c1. The molecule has 0 radical (unpaired) electrons. The van der Waals surface area contributed by atoms with Gasteiger partial charge in [-0.15, -0.1) is 0 Å². The minimum Gasteiger partial charge on any atom is -0.322 e. The highest BCUT2D eigenvalue weighted by atomic mass is 16.2. The summed E-state index contributed by atoms with van der Waals surface area (Å²) in [5.74, 6) is -0.791. The Morgan fingerprint density at radius 3 is 2.47 bits per heavy atom. The summed E-state index contributed by atoms with van der Waals surface area (Å²) in [6.07, 6.45) is 0.645. The van der Waals surface area contributed by atoms with Crippen LogP contribution in [0.2, 0.25) is 0 Å². The van der Waals surface area contributed by atoms with Crippen molar-refractivity contribution in [2.75, 3.05) is 7.05 Å². The van der Waals surface area contributed by atoms with Gasteiger partial charge in [0.05, 0.1) is 0 Å². The van der Waals surface area contributed by atoms with Crippen LogP contribution >= 0.6 is 0 Å². The van der Waals surface area contributed by atoms with Crippen LogP contribution in [0.3, 0.4) is 0 Å². The zero-order chi connectivity index (χ0) is 21.1. The normalized spacial score (nSPS) is 18.5. The highest BCUT2D eigenvalue weighted by Crippen LogP contribution is 2.28. The van der Waals surface area contributed by atoms with Crippen LogP contribution in [-0.4, -0.2) is 35.7 Å². The summed E-state index contributed by atoms with van der Waals surface area (Å²) in [6.45, 7) is 2.70. The number of nitrogens with zero attached hydrogens (tertiary/aromatic N) is 1. The maximum Gasteiger partial charge on any atom is 0.255 e. The van der Waals surface area contributed by atoms with Gasteiger partial charge in [-0.3, -0.25) is 19.7 Å². The highest BCUT2D eigenvalue weighted by molar-refractivity contribution is 6.05. The number of rotatable bonds is 7. The van der Waals surface area contributed by atoms with E-state index < -0.39 is 6.04 Å². The van der Waals surface area contributed by atoms with Gasteiger partial charge in [-0.1, -0.05) is 36.4 Å². The van der Waals surface area contributed by atoms with E-state index >= 15 is 0 Å². The van der Waals surface area contributed by atoms with E-state index in [1.807, 2.05) is 25.2 Å². The third-order valence-electron chi connectivity index (χ3n) is 5.62. The van der Waals surface area contributed by atoms with E-state index in [-0.39, 0.29) is 24.1 Å². The lowest BCUT2D eigenvalue weighted by atomic mass is 10.0. The molecule has 4 rings (SSSR count). The van der Waals surface area contributed by atoms with Crippen LogP contribution < -0.4 is 16.0 Å². The first-order valence-corrected chi connectivity index (χ1v) is 10.2. The number of nitrogens with one attached hydrogen (secondary N) is 3. The molecular formula is C23H26N4O3. The molecule has 7 heteroatoms. The number of fused-ring (bicyclic) bond motifs is 1. The standard InChI is InChI=1S/C23H26N4O3/c1-24-11-15-3-2-4-16(9-15)12-25-13-17-5-6-19-18(10-17)14-27(23(19)30)20-7-8-21(28)26-22(20)29/h2-6,9-10,20,24-25H,7-8,11-14H2,1H3,(H,26,28,29). The quantitative estimate of drug-likeness (QED) is 0.606. The molecule has 3 N–H and O–H groups in total. The molecule has 3 amide bonds. The summed E-state index contributed by atoms with van der Waals surface area (Å²) < 4.78 is 0. The highest BCUT2D eigenvalue weighted by Gasteiger charge is 2.38. The zero-order valence-corrected chi connectivity index (χ0v) is 17.0. The Hall–Kier alpha value is -3.03. The second kappa shape index (κ2) is 8.77. The summed E-state index contributed by atoms with van der Waals surface area (Å²) in [5.41, 5.74) is 5.14. The third-order valence-corrected chi connectivity index (χ3v) is 5.62. The van der Waals surface area contributed by atoms with E-state index in [4.69, 9.17) is 0 Å². The first-order valence-electron chi connectivity index (χ1n) is 10.2. The molecule has 0 bridgehead atoms. The number of hydrogen-bond donors (Lipinski definition) is 3. The molecule has 0 aromatic heterocycles. The van der Waals surface area contributed by atoms with Crippen molar-refractivity contribution in [3.05, 3.63) is 70.3 Å². The van der Waals surface area contributed by atoms with Gasteiger partial charge in [-0.25, -0.2) is 0 Å². The fourth-order valence-corrected chi connectivity index (χ4v) is 4.14. The first kappa shape index (κ1) is 20.3. The Bertz CT molecular complexity index is 988. The Balaban J connectivity index is 1.37. The number of piperidine rings is 1. The molecule has 1 saturated heterocycles. The van der Waals surface area contributed by atoms with Crippen molar-refractivity contribution in [3.63, 3.8) is 0 Å². The molecule has 7 nitrogen and oxygen atoms in total. The molecule has 2 aromatic carbocycles. The van der Waals surface area contributed by atoms with Crippen molar-refractivity contribution in [1.82, 2.24) is 20.9 Å². The monoisotopic (exact) mass is 406 g/mol. The molecule has 1 fully saturated rings. The van der Waals surface area contributed by atoms with Crippen LogP contribution in [0.25, 0.3) is 0 Å². The molecule has 30 heavy (non-hydrogen) atoms. The molecule has 156 valence electrons. The number of carbonyl (C=O) groups is 3. The van der Waals surface area contributed by atoms with Crippen molar-refractivity contribution < 1.29 is 14.4 Å². The number of carbonyl (C=O) groups excluding carboxylic acids is 3. The second-order valence-corrected chi connectivity index (χ2v) is 7.85. The predicted molar refractivity (Wildman–Crippen MR) is 112 cm³/mol. The van der Waals surface area contributed by atoms with Gasteiger partial charge >= 0.3 is 0 Å². The largest absolute Gasteiger partial charge is 0.322 e. The van der Waals surface area contributed by atoms with E-state index in [0.29, 0.717) is 25.1 Å². The molecule has 1 atom stereocenters. The van der Waals surface area contributed by atoms with Crippen molar-refractivity contribution in [2.45, 2.75) is 45.1 Å². The maximum absolute atomic E-state index is 12.8. The topological polar surface area (TPSA) is 90.5 Å². The maximum atomic E-state index is 12.8. The molecule has 2 heterocycles. The van der Waals surface area contributed by atoms with Crippen LogP contribution in [0.4, 0.5) is 0 Å². The van der Waals surface area contributed by atoms with Crippen molar-refractivity contribution in [3.8, 4) is 0 Å². The lowest BCUT2D eigenvalue weighted by Gasteiger charge is -2.29. The Morgan fingerprint density at radius 2 is 1.73 bits per heavy atom. The van der Waals surface area contributed by atoms with Crippen molar-refractivity contribution in [2.24, 2.45) is 0 Å². The summed E-state index contributed by atoms with van der Waals surface area (Å²) in [6, 6.07) is 13.7. The van der Waals surface area contributed by atoms with Crippen LogP contribution in [0.1, 0.15) is 45.5 Å². The van der Waals surface area contributed by atoms with E-state index in [2.05, 4.69) is 40.2 Å². The van der Waals surface area contributed by atoms with E-state index in [1.54, 1.807) is 4.90 Å². The average molecular weight is 406 g/mol.